The number of nitrogens with zero attached hydrogens (tertiary/aromatic N) is 4. The third-order valence-electron chi connectivity index (χ3n) is 2.56. The number of likely N-dealkylation sites (N-methyl/N-ethyl adjacent to an activating group) is 1. The fourth-order valence-corrected chi connectivity index (χ4v) is 1.64. The zero-order valence-corrected chi connectivity index (χ0v) is 11.1. The summed E-state index contributed by atoms with van der Waals surface area (Å²) in [5, 5.41) is 13.7. The number of tetrazole rings is 1. The number of rotatable bonds is 4. The van der Waals surface area contributed by atoms with E-state index in [1.54, 1.807) is 6.92 Å². The maximum atomic E-state index is 12.6. The summed E-state index contributed by atoms with van der Waals surface area (Å²) in [7, 11) is 0. The molecule has 1 heterocycles. The van der Waals surface area contributed by atoms with E-state index in [0.717, 1.165) is 16.9 Å². The minimum absolute atomic E-state index is 0.0328. The van der Waals surface area contributed by atoms with E-state index in [-0.39, 0.29) is 23.8 Å². The lowest BCUT2D eigenvalue weighted by Crippen LogP contribution is -2.28. The SMILES string of the molecule is CCNC(=O)Cn1nnc(-c2cccc(C(F)(F)F)c2)n1. The third-order valence-corrected chi connectivity index (χ3v) is 2.56. The van der Waals surface area contributed by atoms with Gasteiger partial charge in [0.05, 0.1) is 5.56 Å². The molecule has 0 aliphatic heterocycles. The third kappa shape index (κ3) is 3.77. The van der Waals surface area contributed by atoms with E-state index in [1.165, 1.54) is 12.1 Å². The van der Waals surface area contributed by atoms with Gasteiger partial charge in [-0.15, -0.1) is 10.2 Å². The maximum absolute atomic E-state index is 12.6. The van der Waals surface area contributed by atoms with Crippen LogP contribution in [0.1, 0.15) is 12.5 Å². The van der Waals surface area contributed by atoms with Crippen LogP contribution >= 0.6 is 0 Å². The Kier molecular flexibility index (Phi) is 4.20. The van der Waals surface area contributed by atoms with Gasteiger partial charge in [-0.1, -0.05) is 12.1 Å². The number of carbonyl (C=O) groups is 1. The van der Waals surface area contributed by atoms with Crippen LogP contribution in [0.4, 0.5) is 13.2 Å². The second-order valence-electron chi connectivity index (χ2n) is 4.18. The lowest BCUT2D eigenvalue weighted by molar-refractivity contribution is -0.137. The highest BCUT2D eigenvalue weighted by molar-refractivity contribution is 5.75. The summed E-state index contributed by atoms with van der Waals surface area (Å²) >= 11 is 0. The van der Waals surface area contributed by atoms with Gasteiger partial charge < -0.3 is 5.32 Å². The van der Waals surface area contributed by atoms with Gasteiger partial charge in [-0.2, -0.15) is 18.0 Å². The molecule has 0 aliphatic rings. The van der Waals surface area contributed by atoms with E-state index in [2.05, 4.69) is 20.7 Å². The van der Waals surface area contributed by atoms with Crippen molar-refractivity contribution in [2.24, 2.45) is 0 Å². The smallest absolute Gasteiger partial charge is 0.355 e. The molecule has 2 aromatic rings. The van der Waals surface area contributed by atoms with Crippen LogP contribution in [0.2, 0.25) is 0 Å². The molecule has 0 saturated heterocycles. The summed E-state index contributed by atoms with van der Waals surface area (Å²) in [4.78, 5) is 12.4. The van der Waals surface area contributed by atoms with Gasteiger partial charge in [-0.25, -0.2) is 0 Å². The van der Waals surface area contributed by atoms with Gasteiger partial charge >= 0.3 is 6.18 Å². The van der Waals surface area contributed by atoms with Crippen LogP contribution in [0, 0.1) is 0 Å². The Morgan fingerprint density at radius 1 is 1.38 bits per heavy atom. The topological polar surface area (TPSA) is 72.7 Å². The summed E-state index contributed by atoms with van der Waals surface area (Å²) in [5.41, 5.74) is -0.605. The van der Waals surface area contributed by atoms with E-state index < -0.39 is 11.7 Å². The lowest BCUT2D eigenvalue weighted by atomic mass is 10.1. The van der Waals surface area contributed by atoms with Crippen LogP contribution in [0.3, 0.4) is 0 Å². The predicted octanol–water partition coefficient (Wildman–Crippen LogP) is 1.49. The van der Waals surface area contributed by atoms with Crippen molar-refractivity contribution in [1.29, 1.82) is 0 Å². The highest BCUT2D eigenvalue weighted by atomic mass is 19.4. The number of halogens is 3. The molecule has 0 spiro atoms. The molecule has 21 heavy (non-hydrogen) atoms. The zero-order valence-electron chi connectivity index (χ0n) is 11.1. The molecule has 1 amide bonds. The molecule has 0 atom stereocenters. The van der Waals surface area contributed by atoms with E-state index in [1.807, 2.05) is 0 Å². The first-order chi connectivity index (χ1) is 9.90. The quantitative estimate of drug-likeness (QED) is 0.928. The molecule has 112 valence electrons. The molecule has 9 heteroatoms. The number of nitrogens with one attached hydrogen (secondary N) is 1. The zero-order chi connectivity index (χ0) is 15.5. The van der Waals surface area contributed by atoms with Crippen molar-refractivity contribution in [3.63, 3.8) is 0 Å². The van der Waals surface area contributed by atoms with Crippen LogP contribution in [0.15, 0.2) is 24.3 Å². The number of amides is 1. The Bertz CT molecular complexity index is 638. The molecule has 1 aromatic carbocycles. The first-order valence-corrected chi connectivity index (χ1v) is 6.12. The number of benzene rings is 1. The summed E-state index contributed by atoms with van der Waals surface area (Å²) < 4.78 is 37.9. The van der Waals surface area contributed by atoms with Gasteiger partial charge in [0.1, 0.15) is 6.54 Å². The molecule has 0 bridgehead atoms. The van der Waals surface area contributed by atoms with Gasteiger partial charge in [0.2, 0.25) is 11.7 Å². The lowest BCUT2D eigenvalue weighted by Gasteiger charge is -2.06. The largest absolute Gasteiger partial charge is 0.416 e. The molecule has 2 rings (SSSR count). The minimum atomic E-state index is -4.44. The number of hydrogen-bond acceptors (Lipinski definition) is 4. The average molecular weight is 299 g/mol. The predicted molar refractivity (Wildman–Crippen MR) is 66.9 cm³/mol. The fraction of sp³-hybridized carbons (Fsp3) is 0.333. The molecule has 0 fully saturated rings. The van der Waals surface area contributed by atoms with E-state index in [0.29, 0.717) is 6.54 Å². The van der Waals surface area contributed by atoms with Gasteiger partial charge in [0.25, 0.3) is 0 Å². The van der Waals surface area contributed by atoms with Crippen LogP contribution in [-0.2, 0) is 17.5 Å². The van der Waals surface area contributed by atoms with Gasteiger partial charge in [-0.3, -0.25) is 4.79 Å². The molecule has 0 radical (unpaired) electrons. The van der Waals surface area contributed by atoms with Crippen molar-refractivity contribution in [2.45, 2.75) is 19.6 Å². The van der Waals surface area contributed by atoms with Gasteiger partial charge in [-0.05, 0) is 24.3 Å². The number of alkyl halides is 3. The molecule has 6 nitrogen and oxygen atoms in total. The van der Waals surface area contributed by atoms with Gasteiger partial charge in [0.15, 0.2) is 0 Å². The fourth-order valence-electron chi connectivity index (χ4n) is 1.64. The van der Waals surface area contributed by atoms with Crippen LogP contribution in [0.25, 0.3) is 11.4 Å². The first-order valence-electron chi connectivity index (χ1n) is 6.12. The van der Waals surface area contributed by atoms with Crippen molar-refractivity contribution < 1.29 is 18.0 Å². The van der Waals surface area contributed by atoms with Crippen LogP contribution in [0.5, 0.6) is 0 Å². The molecular weight excluding hydrogens is 287 g/mol. The summed E-state index contributed by atoms with van der Waals surface area (Å²) in [5.74, 6) is -0.268. The molecule has 0 unspecified atom stereocenters. The van der Waals surface area contributed by atoms with Crippen molar-refractivity contribution in [2.75, 3.05) is 6.54 Å². The molecule has 0 saturated carbocycles. The van der Waals surface area contributed by atoms with Crippen LogP contribution in [-0.4, -0.2) is 32.7 Å². The molecule has 1 N–H and O–H groups in total. The monoisotopic (exact) mass is 299 g/mol. The Balaban J connectivity index is 2.20. The van der Waals surface area contributed by atoms with Crippen molar-refractivity contribution >= 4 is 5.91 Å². The average Bonchev–Trinajstić information content (AvgIpc) is 2.86. The Morgan fingerprint density at radius 3 is 2.81 bits per heavy atom. The number of hydrogen-bond donors (Lipinski definition) is 1. The van der Waals surface area contributed by atoms with E-state index in [4.69, 9.17) is 0 Å². The highest BCUT2D eigenvalue weighted by Crippen LogP contribution is 2.31. The van der Waals surface area contributed by atoms with Crippen molar-refractivity contribution in [3.05, 3.63) is 29.8 Å². The minimum Gasteiger partial charge on any atom is -0.355 e. The summed E-state index contributed by atoms with van der Waals surface area (Å²) in [6, 6.07) is 4.61. The second-order valence-corrected chi connectivity index (χ2v) is 4.18. The maximum Gasteiger partial charge on any atom is 0.416 e. The summed E-state index contributed by atoms with van der Waals surface area (Å²) in [6.07, 6.45) is -4.44. The van der Waals surface area contributed by atoms with Crippen molar-refractivity contribution in [1.82, 2.24) is 25.5 Å². The highest BCUT2D eigenvalue weighted by Gasteiger charge is 2.30. The normalized spacial score (nSPS) is 11.4. The first kappa shape index (κ1) is 14.9. The standard InChI is InChI=1S/C12H12F3N5O/c1-2-16-10(21)7-20-18-11(17-19-20)8-4-3-5-9(6-8)12(13,14)15/h3-6H,2,7H2,1H3,(H,16,21). The van der Waals surface area contributed by atoms with Crippen LogP contribution < -0.4 is 5.32 Å². The number of carbonyl (C=O) groups excluding carboxylic acids is 1. The van der Waals surface area contributed by atoms with Gasteiger partial charge in [0, 0.05) is 12.1 Å². The Morgan fingerprint density at radius 2 is 2.14 bits per heavy atom. The molecular formula is C12H12F3N5O. The second kappa shape index (κ2) is 5.90. The number of aromatic nitrogens is 4. The molecule has 1 aromatic heterocycles. The Labute approximate surface area is 118 Å². The summed E-state index contributed by atoms with van der Waals surface area (Å²) in [6.45, 7) is 2.09. The van der Waals surface area contributed by atoms with E-state index >= 15 is 0 Å². The Hall–Kier alpha value is -2.45. The molecule has 0 aliphatic carbocycles. The van der Waals surface area contributed by atoms with E-state index in [9.17, 15) is 18.0 Å². The van der Waals surface area contributed by atoms with Crippen molar-refractivity contribution in [3.8, 4) is 11.4 Å².